The van der Waals surface area contributed by atoms with Gasteiger partial charge in [0.25, 0.3) is 15.9 Å². The zero-order valence-electron chi connectivity index (χ0n) is 13.4. The molecule has 9 heteroatoms. The Morgan fingerprint density at radius 3 is 2.40 bits per heavy atom. The van der Waals surface area contributed by atoms with Crippen LogP contribution in [0.15, 0.2) is 51.8 Å². The molecule has 0 fully saturated rings. The van der Waals surface area contributed by atoms with Gasteiger partial charge in [0.05, 0.1) is 10.6 Å². The number of halogens is 2. The van der Waals surface area contributed by atoms with Crippen molar-refractivity contribution in [1.82, 2.24) is 5.32 Å². The van der Waals surface area contributed by atoms with E-state index in [0.29, 0.717) is 10.2 Å². The minimum Gasteiger partial charge on any atom is -0.481 e. The summed E-state index contributed by atoms with van der Waals surface area (Å²) in [6.07, 6.45) is -0.720. The predicted octanol–water partition coefficient (Wildman–Crippen LogP) is 2.90. The predicted molar refractivity (Wildman–Crippen MR) is 95.5 cm³/mol. The minimum absolute atomic E-state index is 0.0604. The first kappa shape index (κ1) is 19.2. The molecular formula is C16H16BrFN2O4S. The molecule has 0 bridgehead atoms. The minimum atomic E-state index is -3.96. The summed E-state index contributed by atoms with van der Waals surface area (Å²) in [5, 5.41) is 2.45. The van der Waals surface area contributed by atoms with E-state index in [1.54, 1.807) is 6.92 Å². The van der Waals surface area contributed by atoms with Gasteiger partial charge in [-0.15, -0.1) is 0 Å². The standard InChI is InChI=1S/C16H16BrFN2O4S/c1-10(16(21)19-2)24-12-4-6-13(7-5-12)25(22,23)20-15-8-3-11(17)9-14(15)18/h3-10,20H,1-2H3,(H,19,21)/t10-/m0/s1. The zero-order chi connectivity index (χ0) is 18.6. The second-order valence-corrected chi connectivity index (χ2v) is 7.67. The van der Waals surface area contributed by atoms with E-state index in [-0.39, 0.29) is 16.5 Å². The van der Waals surface area contributed by atoms with E-state index in [9.17, 15) is 17.6 Å². The van der Waals surface area contributed by atoms with Crippen molar-refractivity contribution in [1.29, 1.82) is 0 Å². The Kier molecular flexibility index (Phi) is 6.02. The lowest BCUT2D eigenvalue weighted by Gasteiger charge is -2.14. The number of benzene rings is 2. The first-order valence-corrected chi connectivity index (χ1v) is 9.47. The number of carbonyl (C=O) groups is 1. The normalized spacial score (nSPS) is 12.3. The lowest BCUT2D eigenvalue weighted by Crippen LogP contribution is -2.33. The fourth-order valence-corrected chi connectivity index (χ4v) is 3.33. The van der Waals surface area contributed by atoms with Gasteiger partial charge >= 0.3 is 0 Å². The maximum Gasteiger partial charge on any atom is 0.261 e. The Bertz CT molecular complexity index is 872. The molecule has 0 aliphatic carbocycles. The molecule has 1 atom stereocenters. The second-order valence-electron chi connectivity index (χ2n) is 5.08. The van der Waals surface area contributed by atoms with Crippen LogP contribution in [0.4, 0.5) is 10.1 Å². The molecule has 25 heavy (non-hydrogen) atoms. The zero-order valence-corrected chi connectivity index (χ0v) is 15.8. The topological polar surface area (TPSA) is 84.5 Å². The number of anilines is 1. The third-order valence-corrected chi connectivity index (χ3v) is 5.11. The average Bonchev–Trinajstić information content (AvgIpc) is 2.57. The monoisotopic (exact) mass is 430 g/mol. The number of rotatable bonds is 6. The van der Waals surface area contributed by atoms with E-state index >= 15 is 0 Å². The molecule has 0 heterocycles. The van der Waals surface area contributed by atoms with Crippen molar-refractivity contribution in [2.45, 2.75) is 17.9 Å². The second kappa shape index (κ2) is 7.83. The third-order valence-electron chi connectivity index (χ3n) is 3.24. The van der Waals surface area contributed by atoms with E-state index in [1.807, 2.05) is 0 Å². The molecule has 2 rings (SSSR count). The number of carbonyl (C=O) groups excluding carboxylic acids is 1. The lowest BCUT2D eigenvalue weighted by atomic mass is 10.3. The molecule has 0 aliphatic rings. The molecule has 0 unspecified atom stereocenters. The lowest BCUT2D eigenvalue weighted by molar-refractivity contribution is -0.126. The fourth-order valence-electron chi connectivity index (χ4n) is 1.93. The molecule has 0 radical (unpaired) electrons. The van der Waals surface area contributed by atoms with E-state index in [4.69, 9.17) is 4.74 Å². The van der Waals surface area contributed by atoms with Gasteiger partial charge in [-0.25, -0.2) is 12.8 Å². The van der Waals surface area contributed by atoms with Crippen molar-refractivity contribution in [2.75, 3.05) is 11.8 Å². The summed E-state index contributed by atoms with van der Waals surface area (Å²) in [6, 6.07) is 9.47. The largest absolute Gasteiger partial charge is 0.481 e. The molecule has 1 amide bonds. The molecule has 134 valence electrons. The molecule has 2 N–H and O–H groups in total. The number of hydrogen-bond acceptors (Lipinski definition) is 4. The molecule has 6 nitrogen and oxygen atoms in total. The Morgan fingerprint density at radius 2 is 1.84 bits per heavy atom. The van der Waals surface area contributed by atoms with Crippen LogP contribution in [0.1, 0.15) is 6.92 Å². The molecule has 0 saturated carbocycles. The van der Waals surface area contributed by atoms with Crippen LogP contribution in [0.3, 0.4) is 0 Å². The first-order valence-electron chi connectivity index (χ1n) is 7.19. The Labute approximate surface area is 153 Å². The Morgan fingerprint density at radius 1 is 1.20 bits per heavy atom. The van der Waals surface area contributed by atoms with Gasteiger partial charge < -0.3 is 10.1 Å². The number of likely N-dealkylation sites (N-methyl/N-ethyl adjacent to an activating group) is 1. The highest BCUT2D eigenvalue weighted by Gasteiger charge is 2.17. The summed E-state index contributed by atoms with van der Waals surface area (Å²) in [4.78, 5) is 11.4. The summed E-state index contributed by atoms with van der Waals surface area (Å²) in [5.74, 6) is -0.661. The van der Waals surface area contributed by atoms with Crippen molar-refractivity contribution in [3.8, 4) is 5.75 Å². The van der Waals surface area contributed by atoms with Crippen LogP contribution in [-0.2, 0) is 14.8 Å². The van der Waals surface area contributed by atoms with Gasteiger partial charge in [-0.05, 0) is 49.4 Å². The average molecular weight is 431 g/mol. The maximum atomic E-state index is 13.8. The molecule has 0 spiro atoms. The Hall–Kier alpha value is -2.13. The van der Waals surface area contributed by atoms with Crippen LogP contribution >= 0.6 is 15.9 Å². The maximum absolute atomic E-state index is 13.8. The van der Waals surface area contributed by atoms with E-state index < -0.39 is 21.9 Å². The van der Waals surface area contributed by atoms with Crippen molar-refractivity contribution >= 4 is 37.5 Å². The summed E-state index contributed by atoms with van der Waals surface area (Å²) < 4.78 is 46.5. The highest BCUT2D eigenvalue weighted by molar-refractivity contribution is 9.10. The smallest absolute Gasteiger partial charge is 0.261 e. The molecular weight excluding hydrogens is 415 g/mol. The highest BCUT2D eigenvalue weighted by Crippen LogP contribution is 2.23. The fraction of sp³-hybridized carbons (Fsp3) is 0.188. The van der Waals surface area contributed by atoms with Gasteiger partial charge in [-0.1, -0.05) is 15.9 Å². The number of nitrogens with one attached hydrogen (secondary N) is 2. The summed E-state index contributed by atoms with van der Waals surface area (Å²) in [5.41, 5.74) is -0.156. The quantitative estimate of drug-likeness (QED) is 0.737. The highest BCUT2D eigenvalue weighted by atomic mass is 79.9. The molecule has 2 aromatic rings. The van der Waals surface area contributed by atoms with E-state index in [2.05, 4.69) is 26.0 Å². The van der Waals surface area contributed by atoms with Gasteiger partial charge in [0.2, 0.25) is 0 Å². The van der Waals surface area contributed by atoms with Crippen molar-refractivity contribution in [3.05, 3.63) is 52.8 Å². The van der Waals surface area contributed by atoms with Gasteiger partial charge in [-0.3, -0.25) is 9.52 Å². The van der Waals surface area contributed by atoms with Crippen LogP contribution in [0.5, 0.6) is 5.75 Å². The summed E-state index contributed by atoms with van der Waals surface area (Å²) >= 11 is 3.10. The van der Waals surface area contributed by atoms with Crippen LogP contribution in [0.2, 0.25) is 0 Å². The van der Waals surface area contributed by atoms with Gasteiger partial charge in [0.15, 0.2) is 6.10 Å². The molecule has 0 aliphatic heterocycles. The van der Waals surface area contributed by atoms with Crippen molar-refractivity contribution < 1.29 is 22.3 Å². The van der Waals surface area contributed by atoms with Crippen LogP contribution in [0.25, 0.3) is 0 Å². The number of sulfonamides is 1. The molecule has 0 saturated heterocycles. The van der Waals surface area contributed by atoms with Crippen LogP contribution in [-0.4, -0.2) is 27.5 Å². The van der Waals surface area contributed by atoms with Gasteiger partial charge in [-0.2, -0.15) is 0 Å². The SMILES string of the molecule is CNC(=O)[C@H](C)Oc1ccc(S(=O)(=O)Nc2ccc(Br)cc2F)cc1. The number of ether oxygens (including phenoxy) is 1. The molecule has 2 aromatic carbocycles. The first-order chi connectivity index (χ1) is 11.7. The summed E-state index contributed by atoms with van der Waals surface area (Å²) in [6.45, 7) is 1.57. The van der Waals surface area contributed by atoms with Crippen LogP contribution < -0.4 is 14.8 Å². The number of hydrogen-bond donors (Lipinski definition) is 2. The number of amides is 1. The molecule has 0 aromatic heterocycles. The van der Waals surface area contributed by atoms with Gasteiger partial charge in [0, 0.05) is 11.5 Å². The van der Waals surface area contributed by atoms with Gasteiger partial charge in [0.1, 0.15) is 11.6 Å². The Balaban J connectivity index is 2.16. The van der Waals surface area contributed by atoms with E-state index in [1.165, 1.54) is 43.4 Å². The van der Waals surface area contributed by atoms with Crippen molar-refractivity contribution in [2.24, 2.45) is 0 Å². The third kappa shape index (κ3) is 4.93. The van der Waals surface area contributed by atoms with Crippen molar-refractivity contribution in [3.63, 3.8) is 0 Å². The summed E-state index contributed by atoms with van der Waals surface area (Å²) in [7, 11) is -2.46. The van der Waals surface area contributed by atoms with E-state index in [0.717, 1.165) is 6.07 Å². The van der Waals surface area contributed by atoms with Crippen LogP contribution in [0, 0.1) is 5.82 Å².